The van der Waals surface area contributed by atoms with Gasteiger partial charge in [0.15, 0.2) is 11.5 Å². The number of para-hydroxylation sites is 2. The van der Waals surface area contributed by atoms with E-state index in [9.17, 15) is 0 Å². The molecular weight excluding hydrogens is 452 g/mol. The minimum atomic E-state index is 0.589. The second kappa shape index (κ2) is 9.84. The maximum Gasteiger partial charge on any atom is 0.161 e. The summed E-state index contributed by atoms with van der Waals surface area (Å²) in [4.78, 5) is 4.88. The van der Waals surface area contributed by atoms with Gasteiger partial charge in [-0.25, -0.2) is 4.98 Å². The van der Waals surface area contributed by atoms with Crippen LogP contribution >= 0.6 is 15.9 Å². The summed E-state index contributed by atoms with van der Waals surface area (Å²) >= 11 is 3.51. The quantitative estimate of drug-likeness (QED) is 0.257. The third-order valence-corrected chi connectivity index (χ3v) is 5.62. The lowest BCUT2D eigenvalue weighted by molar-refractivity contribution is 0.283. The molecule has 4 rings (SSSR count). The molecule has 0 fully saturated rings. The summed E-state index contributed by atoms with van der Waals surface area (Å²) in [5.41, 5.74) is 4.33. The molecule has 3 aromatic carbocycles. The van der Waals surface area contributed by atoms with Crippen molar-refractivity contribution in [2.24, 2.45) is 0 Å². The van der Waals surface area contributed by atoms with Crippen LogP contribution in [0.25, 0.3) is 28.5 Å². The zero-order chi connectivity index (χ0) is 21.6. The van der Waals surface area contributed by atoms with Gasteiger partial charge in [-0.3, -0.25) is 0 Å². The van der Waals surface area contributed by atoms with Gasteiger partial charge in [0.05, 0.1) is 24.8 Å². The lowest BCUT2D eigenvalue weighted by atomic mass is 10.2. The lowest BCUT2D eigenvalue weighted by Gasteiger charge is -2.13. The predicted octanol–water partition coefficient (Wildman–Crippen LogP) is 6.98. The molecule has 4 aromatic rings. The van der Waals surface area contributed by atoms with Gasteiger partial charge in [0.2, 0.25) is 0 Å². The summed E-state index contributed by atoms with van der Waals surface area (Å²) in [5, 5.41) is 0. The number of allylic oxidation sites excluding steroid dienone is 1. The molecule has 31 heavy (non-hydrogen) atoms. The van der Waals surface area contributed by atoms with Crippen LogP contribution in [0.2, 0.25) is 0 Å². The summed E-state index contributed by atoms with van der Waals surface area (Å²) in [6.07, 6.45) is 4.90. The maximum atomic E-state index is 6.04. The van der Waals surface area contributed by atoms with Crippen molar-refractivity contribution in [3.05, 3.63) is 82.8 Å². The fraction of sp³-hybridized carbons (Fsp3) is 0.192. The smallest absolute Gasteiger partial charge is 0.161 e. The van der Waals surface area contributed by atoms with Gasteiger partial charge in [-0.05, 0) is 55.3 Å². The number of hydrogen-bond donors (Lipinski definition) is 0. The van der Waals surface area contributed by atoms with E-state index in [4.69, 9.17) is 14.5 Å². The minimum absolute atomic E-state index is 0.589. The SMILES string of the molecule is C/C=C/c1ccc(OCCCn2c(-c3ccc(Br)cc3)nc3ccccc32)c(OC)c1. The number of ether oxygens (including phenoxy) is 2. The monoisotopic (exact) mass is 476 g/mol. The van der Waals surface area contributed by atoms with Crippen LogP contribution in [0.1, 0.15) is 18.9 Å². The zero-order valence-electron chi connectivity index (χ0n) is 17.7. The van der Waals surface area contributed by atoms with Crippen LogP contribution in [0.5, 0.6) is 11.5 Å². The Balaban J connectivity index is 1.51. The average molecular weight is 477 g/mol. The van der Waals surface area contributed by atoms with E-state index in [-0.39, 0.29) is 0 Å². The molecule has 0 aliphatic heterocycles. The van der Waals surface area contributed by atoms with Crippen LogP contribution < -0.4 is 9.47 Å². The molecule has 0 aliphatic carbocycles. The molecule has 1 heterocycles. The molecule has 4 nitrogen and oxygen atoms in total. The molecule has 0 spiro atoms. The third-order valence-electron chi connectivity index (χ3n) is 5.09. The highest BCUT2D eigenvalue weighted by atomic mass is 79.9. The minimum Gasteiger partial charge on any atom is -0.493 e. The number of methoxy groups -OCH3 is 1. The Morgan fingerprint density at radius 2 is 1.81 bits per heavy atom. The average Bonchev–Trinajstić information content (AvgIpc) is 3.16. The summed E-state index contributed by atoms with van der Waals surface area (Å²) in [5.74, 6) is 2.49. The molecule has 0 unspecified atom stereocenters. The second-order valence-electron chi connectivity index (χ2n) is 7.19. The molecular formula is C26H25BrN2O2. The molecule has 0 atom stereocenters. The zero-order valence-corrected chi connectivity index (χ0v) is 19.3. The van der Waals surface area contributed by atoms with Crippen molar-refractivity contribution in [2.75, 3.05) is 13.7 Å². The molecule has 5 heteroatoms. The maximum absolute atomic E-state index is 6.04. The largest absolute Gasteiger partial charge is 0.493 e. The fourth-order valence-electron chi connectivity index (χ4n) is 3.63. The number of rotatable bonds is 8. The van der Waals surface area contributed by atoms with Crippen molar-refractivity contribution in [1.82, 2.24) is 9.55 Å². The first-order valence-electron chi connectivity index (χ1n) is 10.3. The van der Waals surface area contributed by atoms with Crippen LogP contribution in [0, 0.1) is 0 Å². The highest BCUT2D eigenvalue weighted by molar-refractivity contribution is 9.10. The van der Waals surface area contributed by atoms with Crippen molar-refractivity contribution in [1.29, 1.82) is 0 Å². The van der Waals surface area contributed by atoms with Gasteiger partial charge in [-0.2, -0.15) is 0 Å². The summed E-state index contributed by atoms with van der Waals surface area (Å²) < 4.78 is 14.9. The molecule has 0 aliphatic rings. The summed E-state index contributed by atoms with van der Waals surface area (Å²) in [6.45, 7) is 3.40. The Hall–Kier alpha value is -3.05. The van der Waals surface area contributed by atoms with E-state index in [1.54, 1.807) is 7.11 Å². The van der Waals surface area contributed by atoms with Gasteiger partial charge in [0.25, 0.3) is 0 Å². The molecule has 158 valence electrons. The Morgan fingerprint density at radius 1 is 1.00 bits per heavy atom. The number of aromatic nitrogens is 2. The van der Waals surface area contributed by atoms with Gasteiger partial charge in [-0.15, -0.1) is 0 Å². The molecule has 0 N–H and O–H groups in total. The van der Waals surface area contributed by atoms with Gasteiger partial charge < -0.3 is 14.0 Å². The summed E-state index contributed by atoms with van der Waals surface area (Å²) in [6, 6.07) is 22.5. The first kappa shape index (κ1) is 21.2. The van der Waals surface area contributed by atoms with Crippen LogP contribution in [-0.4, -0.2) is 23.3 Å². The molecule has 0 saturated carbocycles. The number of hydrogen-bond acceptors (Lipinski definition) is 3. The van der Waals surface area contributed by atoms with Crippen LogP contribution in [0.4, 0.5) is 0 Å². The van der Waals surface area contributed by atoms with Crippen molar-refractivity contribution in [3.8, 4) is 22.9 Å². The van der Waals surface area contributed by atoms with Gasteiger partial charge in [0, 0.05) is 16.6 Å². The molecule has 0 radical (unpaired) electrons. The molecule has 0 bridgehead atoms. The third kappa shape index (κ3) is 4.83. The Kier molecular flexibility index (Phi) is 6.73. The van der Waals surface area contributed by atoms with Crippen molar-refractivity contribution in [2.45, 2.75) is 19.9 Å². The van der Waals surface area contributed by atoms with Crippen molar-refractivity contribution < 1.29 is 9.47 Å². The van der Waals surface area contributed by atoms with E-state index in [1.165, 1.54) is 0 Å². The highest BCUT2D eigenvalue weighted by Gasteiger charge is 2.12. The number of imidazole rings is 1. The predicted molar refractivity (Wildman–Crippen MR) is 131 cm³/mol. The van der Waals surface area contributed by atoms with Crippen molar-refractivity contribution in [3.63, 3.8) is 0 Å². The molecule has 0 amide bonds. The topological polar surface area (TPSA) is 36.3 Å². The number of halogens is 1. The molecule has 1 aromatic heterocycles. The van der Waals surface area contributed by atoms with E-state index in [1.807, 2.05) is 55.5 Å². The number of nitrogens with zero attached hydrogens (tertiary/aromatic N) is 2. The van der Waals surface area contributed by atoms with Crippen molar-refractivity contribution >= 4 is 33.0 Å². The van der Waals surface area contributed by atoms with Crippen LogP contribution in [0.15, 0.2) is 77.3 Å². The first-order valence-corrected chi connectivity index (χ1v) is 11.1. The second-order valence-corrected chi connectivity index (χ2v) is 8.11. The fourth-order valence-corrected chi connectivity index (χ4v) is 3.89. The summed E-state index contributed by atoms with van der Waals surface area (Å²) in [7, 11) is 1.67. The van der Waals surface area contributed by atoms with Gasteiger partial charge in [-0.1, -0.05) is 58.4 Å². The van der Waals surface area contributed by atoms with Gasteiger partial charge >= 0.3 is 0 Å². The standard InChI is InChI=1S/C26H25BrN2O2/c1-3-7-19-10-15-24(25(18-19)30-2)31-17-6-16-29-23-9-5-4-8-22(23)28-26(29)20-11-13-21(27)14-12-20/h3-5,7-15,18H,6,16-17H2,1-2H3/b7-3+. The lowest BCUT2D eigenvalue weighted by Crippen LogP contribution is -2.06. The Bertz CT molecular complexity index is 1200. The van der Waals surface area contributed by atoms with E-state index in [0.29, 0.717) is 6.61 Å². The normalized spacial score (nSPS) is 11.3. The van der Waals surface area contributed by atoms with Gasteiger partial charge in [0.1, 0.15) is 5.82 Å². The number of fused-ring (bicyclic) bond motifs is 1. The van der Waals surface area contributed by atoms with E-state index >= 15 is 0 Å². The number of benzene rings is 3. The van der Waals surface area contributed by atoms with E-state index < -0.39 is 0 Å². The molecule has 0 saturated heterocycles. The number of aryl methyl sites for hydroxylation is 1. The van der Waals surface area contributed by atoms with E-state index in [2.05, 4.69) is 50.8 Å². The Morgan fingerprint density at radius 3 is 2.58 bits per heavy atom. The van der Waals surface area contributed by atoms with Crippen LogP contribution in [-0.2, 0) is 6.54 Å². The Labute approximate surface area is 191 Å². The highest BCUT2D eigenvalue weighted by Crippen LogP contribution is 2.29. The van der Waals surface area contributed by atoms with E-state index in [0.717, 1.165) is 56.9 Å². The first-order chi connectivity index (χ1) is 15.2. The van der Waals surface area contributed by atoms with Crippen LogP contribution in [0.3, 0.4) is 0 Å².